The zero-order valence-electron chi connectivity index (χ0n) is 15.2. The highest BCUT2D eigenvalue weighted by Crippen LogP contribution is 2.34. The van der Waals surface area contributed by atoms with Crippen LogP contribution in [0.4, 0.5) is 5.69 Å². The Kier molecular flexibility index (Phi) is 4.23. The molecular weight excluding hydrogens is 360 g/mol. The van der Waals surface area contributed by atoms with Gasteiger partial charge >= 0.3 is 0 Å². The molecule has 28 heavy (non-hydrogen) atoms. The third-order valence-corrected chi connectivity index (χ3v) is 4.43. The Morgan fingerprint density at radius 1 is 1.18 bits per heavy atom. The molecule has 2 aromatic carbocycles. The number of pyridine rings is 1. The maximum absolute atomic E-state index is 12.2. The summed E-state index contributed by atoms with van der Waals surface area (Å²) in [6.45, 7) is 3.29. The third-order valence-electron chi connectivity index (χ3n) is 4.43. The van der Waals surface area contributed by atoms with Gasteiger partial charge < -0.3 is 4.74 Å². The topological polar surface area (TPSA) is 97.9 Å². The lowest BCUT2D eigenvalue weighted by Crippen LogP contribution is -2.25. The highest BCUT2D eigenvalue weighted by Gasteiger charge is 2.34. The molecule has 8 heteroatoms. The van der Waals surface area contributed by atoms with E-state index in [-0.39, 0.29) is 17.5 Å². The van der Waals surface area contributed by atoms with Crippen LogP contribution in [0.5, 0.6) is 0 Å². The molecule has 1 amide bonds. The number of carbonyl (C=O) groups is 1. The van der Waals surface area contributed by atoms with Gasteiger partial charge in [-0.3, -0.25) is 19.9 Å². The van der Waals surface area contributed by atoms with Crippen LogP contribution in [-0.2, 0) is 9.53 Å². The molecule has 0 saturated heterocycles. The predicted molar refractivity (Wildman–Crippen MR) is 102 cm³/mol. The van der Waals surface area contributed by atoms with Crippen molar-refractivity contribution in [3.63, 3.8) is 0 Å². The Morgan fingerprint density at radius 3 is 2.57 bits per heavy atom. The van der Waals surface area contributed by atoms with Crippen LogP contribution < -0.4 is 0 Å². The van der Waals surface area contributed by atoms with E-state index in [9.17, 15) is 14.9 Å². The fraction of sp³-hybridized carbons (Fsp3) is 0.150. The maximum atomic E-state index is 12.2. The average Bonchev–Trinajstić information content (AvgIpc) is 3.13. The SMILES string of the molecule is CC(=O)N1N=C(c2ccc([N+](=O)[O-])cc2)O[C@H]1c1cc(C)nc2ccccc12. The summed E-state index contributed by atoms with van der Waals surface area (Å²) in [4.78, 5) is 27.1. The molecule has 4 rings (SSSR count). The number of fused-ring (bicyclic) bond motifs is 1. The number of nitrogens with zero attached hydrogens (tertiary/aromatic N) is 4. The van der Waals surface area contributed by atoms with Crippen molar-refractivity contribution in [3.05, 3.63) is 81.5 Å². The zero-order chi connectivity index (χ0) is 19.8. The fourth-order valence-electron chi connectivity index (χ4n) is 3.16. The molecule has 0 unspecified atom stereocenters. The van der Waals surface area contributed by atoms with Crippen LogP contribution in [0, 0.1) is 17.0 Å². The molecule has 0 bridgehead atoms. The molecule has 0 spiro atoms. The number of para-hydroxylation sites is 1. The standard InChI is InChI=1S/C20H16N4O4/c1-12-11-17(16-5-3-4-6-18(16)21-12)20-23(13(2)25)22-19(28-20)14-7-9-15(10-8-14)24(26)27/h3-11,20H,1-2H3/t20-/m0/s1. The smallest absolute Gasteiger partial charge is 0.269 e. The minimum atomic E-state index is -0.741. The van der Waals surface area contributed by atoms with Gasteiger partial charge in [-0.15, -0.1) is 5.10 Å². The highest BCUT2D eigenvalue weighted by molar-refractivity contribution is 5.97. The molecule has 140 valence electrons. The molecule has 8 nitrogen and oxygen atoms in total. The maximum Gasteiger partial charge on any atom is 0.269 e. The van der Waals surface area contributed by atoms with Gasteiger partial charge in [-0.1, -0.05) is 18.2 Å². The predicted octanol–water partition coefficient (Wildman–Crippen LogP) is 3.69. The van der Waals surface area contributed by atoms with E-state index in [0.717, 1.165) is 22.2 Å². The second-order valence-electron chi connectivity index (χ2n) is 6.41. The van der Waals surface area contributed by atoms with Gasteiger partial charge in [0.15, 0.2) is 0 Å². The van der Waals surface area contributed by atoms with Crippen LogP contribution in [0.3, 0.4) is 0 Å². The number of hydrogen-bond acceptors (Lipinski definition) is 6. The molecule has 3 aromatic rings. The normalized spacial score (nSPS) is 16.0. The first-order valence-corrected chi connectivity index (χ1v) is 8.60. The van der Waals surface area contributed by atoms with Crippen LogP contribution in [-0.4, -0.2) is 26.7 Å². The first kappa shape index (κ1) is 17.6. The van der Waals surface area contributed by atoms with E-state index in [1.54, 1.807) is 12.1 Å². The summed E-state index contributed by atoms with van der Waals surface area (Å²) < 4.78 is 6.03. The summed E-state index contributed by atoms with van der Waals surface area (Å²) in [5.74, 6) is -0.0471. The van der Waals surface area contributed by atoms with Crippen molar-refractivity contribution in [2.45, 2.75) is 20.1 Å². The Hall–Kier alpha value is -3.81. The minimum Gasteiger partial charge on any atom is -0.446 e. The summed E-state index contributed by atoms with van der Waals surface area (Å²) in [6.07, 6.45) is -0.741. The molecule has 0 radical (unpaired) electrons. The first-order chi connectivity index (χ1) is 13.4. The minimum absolute atomic E-state index is 0.0296. The number of carbonyl (C=O) groups excluding carboxylic acids is 1. The van der Waals surface area contributed by atoms with Gasteiger partial charge in [0.1, 0.15) is 0 Å². The third kappa shape index (κ3) is 3.05. The second-order valence-corrected chi connectivity index (χ2v) is 6.41. The van der Waals surface area contributed by atoms with Crippen LogP contribution >= 0.6 is 0 Å². The lowest BCUT2D eigenvalue weighted by molar-refractivity contribution is -0.384. The first-order valence-electron chi connectivity index (χ1n) is 8.60. The second kappa shape index (κ2) is 6.73. The number of non-ortho nitro benzene ring substituents is 1. The fourth-order valence-corrected chi connectivity index (χ4v) is 3.16. The quantitative estimate of drug-likeness (QED) is 0.513. The Balaban J connectivity index is 1.76. The lowest BCUT2D eigenvalue weighted by Gasteiger charge is -2.21. The Morgan fingerprint density at radius 2 is 1.89 bits per heavy atom. The number of aromatic nitrogens is 1. The molecule has 1 aliphatic rings. The van der Waals surface area contributed by atoms with Crippen molar-refractivity contribution in [2.75, 3.05) is 0 Å². The van der Waals surface area contributed by atoms with Gasteiger partial charge in [0, 0.05) is 41.3 Å². The molecule has 0 N–H and O–H groups in total. The van der Waals surface area contributed by atoms with Crippen molar-refractivity contribution in [1.82, 2.24) is 9.99 Å². The van der Waals surface area contributed by atoms with E-state index >= 15 is 0 Å². The summed E-state index contributed by atoms with van der Waals surface area (Å²) in [5.41, 5.74) is 2.89. The van der Waals surface area contributed by atoms with E-state index in [0.29, 0.717) is 5.56 Å². The van der Waals surface area contributed by atoms with Crippen molar-refractivity contribution >= 4 is 28.4 Å². The van der Waals surface area contributed by atoms with Gasteiger partial charge in [0.25, 0.3) is 5.69 Å². The number of hydrogen-bond donors (Lipinski definition) is 0. The molecule has 0 fully saturated rings. The summed E-state index contributed by atoms with van der Waals surface area (Å²) in [6, 6.07) is 15.3. The molecular formula is C20H16N4O4. The monoisotopic (exact) mass is 376 g/mol. The molecule has 1 aromatic heterocycles. The number of aryl methyl sites for hydroxylation is 1. The number of ether oxygens (including phenoxy) is 1. The number of amides is 1. The number of nitro groups is 1. The Bertz CT molecular complexity index is 1120. The summed E-state index contributed by atoms with van der Waals surface area (Å²) in [7, 11) is 0. The van der Waals surface area contributed by atoms with E-state index < -0.39 is 11.2 Å². The van der Waals surface area contributed by atoms with Crippen LogP contribution in [0.15, 0.2) is 59.7 Å². The Labute approximate surface area is 160 Å². The van der Waals surface area contributed by atoms with Gasteiger partial charge in [0.05, 0.1) is 10.4 Å². The number of hydrazone groups is 1. The van der Waals surface area contributed by atoms with Crippen molar-refractivity contribution < 1.29 is 14.5 Å². The highest BCUT2D eigenvalue weighted by atomic mass is 16.6. The van der Waals surface area contributed by atoms with Gasteiger partial charge in [-0.25, -0.2) is 0 Å². The van der Waals surface area contributed by atoms with E-state index in [1.165, 1.54) is 24.1 Å². The average molecular weight is 376 g/mol. The van der Waals surface area contributed by atoms with E-state index in [1.807, 2.05) is 37.3 Å². The van der Waals surface area contributed by atoms with Crippen LogP contribution in [0.25, 0.3) is 10.9 Å². The molecule has 1 atom stereocenters. The van der Waals surface area contributed by atoms with Crippen LogP contribution in [0.1, 0.15) is 30.0 Å². The summed E-state index contributed by atoms with van der Waals surface area (Å²) in [5, 5.41) is 17.3. The van der Waals surface area contributed by atoms with Gasteiger partial charge in [-0.05, 0) is 31.2 Å². The molecule has 0 aliphatic carbocycles. The molecule has 2 heterocycles. The number of benzene rings is 2. The zero-order valence-corrected chi connectivity index (χ0v) is 15.2. The van der Waals surface area contributed by atoms with Gasteiger partial charge in [0.2, 0.25) is 18.0 Å². The number of nitro benzene ring substituents is 1. The van der Waals surface area contributed by atoms with Gasteiger partial charge in [-0.2, -0.15) is 5.01 Å². The van der Waals surface area contributed by atoms with Crippen molar-refractivity contribution in [2.24, 2.45) is 5.10 Å². The molecule has 1 aliphatic heterocycles. The summed E-state index contributed by atoms with van der Waals surface area (Å²) >= 11 is 0. The van der Waals surface area contributed by atoms with E-state index in [4.69, 9.17) is 4.74 Å². The van der Waals surface area contributed by atoms with Crippen molar-refractivity contribution in [1.29, 1.82) is 0 Å². The lowest BCUT2D eigenvalue weighted by atomic mass is 10.1. The van der Waals surface area contributed by atoms with Crippen LogP contribution in [0.2, 0.25) is 0 Å². The van der Waals surface area contributed by atoms with E-state index in [2.05, 4.69) is 10.1 Å². The molecule has 0 saturated carbocycles. The van der Waals surface area contributed by atoms with Crippen molar-refractivity contribution in [3.8, 4) is 0 Å². The largest absolute Gasteiger partial charge is 0.446 e. The number of rotatable bonds is 3.